The molecule has 2 heterocycles. The van der Waals surface area contributed by atoms with Crippen molar-refractivity contribution >= 4 is 18.4 Å². The first kappa shape index (κ1) is 13.5. The molecule has 1 N–H and O–H groups in total. The van der Waals surface area contributed by atoms with Crippen molar-refractivity contribution in [2.45, 2.75) is 13.0 Å². The Morgan fingerprint density at radius 1 is 1.25 bits per heavy atom. The van der Waals surface area contributed by atoms with Crippen LogP contribution < -0.4 is 5.32 Å². The molecule has 16 heavy (non-hydrogen) atoms. The van der Waals surface area contributed by atoms with Crippen molar-refractivity contribution in [3.63, 3.8) is 0 Å². The van der Waals surface area contributed by atoms with E-state index >= 15 is 0 Å². The highest BCUT2D eigenvalue weighted by molar-refractivity contribution is 5.85. The highest BCUT2D eigenvalue weighted by Gasteiger charge is 2.25. The highest BCUT2D eigenvalue weighted by atomic mass is 35.5. The van der Waals surface area contributed by atoms with E-state index in [-0.39, 0.29) is 18.4 Å². The molecule has 0 saturated carbocycles. The van der Waals surface area contributed by atoms with Crippen LogP contribution in [-0.4, -0.2) is 67.8 Å². The molecule has 6 heteroatoms. The number of halogens is 1. The Kier molecular flexibility index (Phi) is 5.31. The van der Waals surface area contributed by atoms with Gasteiger partial charge in [-0.05, 0) is 6.92 Å². The van der Waals surface area contributed by atoms with Gasteiger partial charge in [-0.1, -0.05) is 0 Å². The summed E-state index contributed by atoms with van der Waals surface area (Å²) in [6.07, 6.45) is 0. The average molecular weight is 250 g/mol. The fourth-order valence-electron chi connectivity index (χ4n) is 2.06. The maximum atomic E-state index is 12.1. The predicted molar refractivity (Wildman–Crippen MR) is 64.1 cm³/mol. The Balaban J connectivity index is 0.00000128. The van der Waals surface area contributed by atoms with Gasteiger partial charge in [0.05, 0.1) is 13.2 Å². The molecular formula is C10H20ClN3O2. The Morgan fingerprint density at radius 2 is 1.94 bits per heavy atom. The van der Waals surface area contributed by atoms with Crippen LogP contribution in [0.3, 0.4) is 0 Å². The largest absolute Gasteiger partial charge is 0.378 e. The lowest BCUT2D eigenvalue weighted by Gasteiger charge is -2.37. The molecule has 2 saturated heterocycles. The Morgan fingerprint density at radius 3 is 2.56 bits per heavy atom. The number of amides is 2. The van der Waals surface area contributed by atoms with E-state index in [9.17, 15) is 4.79 Å². The van der Waals surface area contributed by atoms with Crippen molar-refractivity contribution in [3.8, 4) is 0 Å². The van der Waals surface area contributed by atoms with Gasteiger partial charge in [-0.2, -0.15) is 0 Å². The summed E-state index contributed by atoms with van der Waals surface area (Å²) in [6, 6.07) is 0.579. The SMILES string of the molecule is C[C@@H]1CN(C(=O)N2CCOCC2)CCN1.Cl. The smallest absolute Gasteiger partial charge is 0.320 e. The number of urea groups is 1. The minimum atomic E-state index is 0. The first-order valence-electron chi connectivity index (χ1n) is 5.62. The zero-order valence-corrected chi connectivity index (χ0v) is 10.5. The summed E-state index contributed by atoms with van der Waals surface area (Å²) >= 11 is 0. The van der Waals surface area contributed by atoms with E-state index in [1.54, 1.807) is 0 Å². The number of piperazine rings is 1. The molecule has 0 spiro atoms. The lowest BCUT2D eigenvalue weighted by atomic mass is 10.2. The van der Waals surface area contributed by atoms with E-state index in [2.05, 4.69) is 12.2 Å². The van der Waals surface area contributed by atoms with Crippen LogP contribution in [0.1, 0.15) is 6.92 Å². The Bertz CT molecular complexity index is 234. The molecule has 2 aliphatic rings. The van der Waals surface area contributed by atoms with Gasteiger partial charge in [0.2, 0.25) is 0 Å². The summed E-state index contributed by atoms with van der Waals surface area (Å²) in [5, 5.41) is 3.33. The number of nitrogens with one attached hydrogen (secondary N) is 1. The normalized spacial score (nSPS) is 26.2. The topological polar surface area (TPSA) is 44.8 Å². The standard InChI is InChI=1S/C10H19N3O2.ClH/c1-9-8-13(3-2-11-9)10(14)12-4-6-15-7-5-12;/h9,11H,2-8H2,1H3;1H/t9-;/m1./s1. The van der Waals surface area contributed by atoms with Gasteiger partial charge in [-0.25, -0.2) is 4.79 Å². The molecular weight excluding hydrogens is 230 g/mol. The van der Waals surface area contributed by atoms with Crippen molar-refractivity contribution in [3.05, 3.63) is 0 Å². The number of nitrogens with zero attached hydrogens (tertiary/aromatic N) is 2. The van der Waals surface area contributed by atoms with Gasteiger partial charge in [0.15, 0.2) is 0 Å². The summed E-state index contributed by atoms with van der Waals surface area (Å²) in [6.45, 7) is 7.46. The number of rotatable bonds is 0. The molecule has 0 radical (unpaired) electrons. The summed E-state index contributed by atoms with van der Waals surface area (Å²) in [5.74, 6) is 0. The van der Waals surface area contributed by atoms with E-state index in [0.717, 1.165) is 32.7 Å². The number of hydrogen-bond acceptors (Lipinski definition) is 3. The number of carbonyl (C=O) groups is 1. The van der Waals surface area contributed by atoms with Crippen molar-refractivity contribution in [1.29, 1.82) is 0 Å². The lowest BCUT2D eigenvalue weighted by molar-refractivity contribution is 0.0410. The molecule has 94 valence electrons. The van der Waals surface area contributed by atoms with Gasteiger partial charge >= 0.3 is 6.03 Å². The van der Waals surface area contributed by atoms with Gasteiger partial charge in [-0.3, -0.25) is 0 Å². The second-order valence-electron chi connectivity index (χ2n) is 4.18. The molecule has 0 unspecified atom stereocenters. The quantitative estimate of drug-likeness (QED) is 0.665. The summed E-state index contributed by atoms with van der Waals surface area (Å²) in [7, 11) is 0. The maximum absolute atomic E-state index is 12.1. The monoisotopic (exact) mass is 249 g/mol. The summed E-state index contributed by atoms with van der Waals surface area (Å²) in [4.78, 5) is 15.9. The Hall–Kier alpha value is -0.520. The molecule has 5 nitrogen and oxygen atoms in total. The Labute approximate surface area is 103 Å². The van der Waals surface area contributed by atoms with Gasteiger partial charge in [0.25, 0.3) is 0 Å². The van der Waals surface area contributed by atoms with E-state index in [1.807, 2.05) is 9.80 Å². The zero-order chi connectivity index (χ0) is 10.7. The van der Waals surface area contributed by atoms with Crippen LogP contribution in [0.25, 0.3) is 0 Å². The van der Waals surface area contributed by atoms with E-state index in [0.29, 0.717) is 19.3 Å². The molecule has 2 amide bonds. The molecule has 0 bridgehead atoms. The maximum Gasteiger partial charge on any atom is 0.320 e. The molecule has 1 atom stereocenters. The number of hydrogen-bond donors (Lipinski definition) is 1. The van der Waals surface area contributed by atoms with Gasteiger partial charge in [0.1, 0.15) is 0 Å². The van der Waals surface area contributed by atoms with Crippen molar-refractivity contribution < 1.29 is 9.53 Å². The number of carbonyl (C=O) groups excluding carboxylic acids is 1. The van der Waals surface area contributed by atoms with E-state index in [1.165, 1.54) is 0 Å². The van der Waals surface area contributed by atoms with Crippen LogP contribution in [0.5, 0.6) is 0 Å². The predicted octanol–water partition coefficient (Wildman–Crippen LogP) is 0.154. The molecule has 0 aromatic carbocycles. The minimum Gasteiger partial charge on any atom is -0.378 e. The fourth-order valence-corrected chi connectivity index (χ4v) is 2.06. The molecule has 0 aromatic rings. The zero-order valence-electron chi connectivity index (χ0n) is 9.65. The first-order chi connectivity index (χ1) is 7.27. The number of morpholine rings is 1. The molecule has 2 aliphatic heterocycles. The van der Waals surface area contributed by atoms with Gasteiger partial charge < -0.3 is 19.9 Å². The van der Waals surface area contributed by atoms with Crippen LogP contribution in [0.15, 0.2) is 0 Å². The van der Waals surface area contributed by atoms with E-state index in [4.69, 9.17) is 4.74 Å². The summed E-state index contributed by atoms with van der Waals surface area (Å²) in [5.41, 5.74) is 0. The van der Waals surface area contributed by atoms with Crippen LogP contribution in [0.2, 0.25) is 0 Å². The number of ether oxygens (including phenoxy) is 1. The van der Waals surface area contributed by atoms with Crippen molar-refractivity contribution in [2.24, 2.45) is 0 Å². The van der Waals surface area contributed by atoms with Crippen LogP contribution in [0, 0.1) is 0 Å². The van der Waals surface area contributed by atoms with Gasteiger partial charge in [0, 0.05) is 38.8 Å². The molecule has 0 aliphatic carbocycles. The third-order valence-corrected chi connectivity index (χ3v) is 2.92. The van der Waals surface area contributed by atoms with Crippen molar-refractivity contribution in [1.82, 2.24) is 15.1 Å². The summed E-state index contributed by atoms with van der Waals surface area (Å²) < 4.78 is 5.23. The lowest BCUT2D eigenvalue weighted by Crippen LogP contribution is -2.56. The second kappa shape index (κ2) is 6.27. The molecule has 2 fully saturated rings. The van der Waals surface area contributed by atoms with Gasteiger partial charge in [-0.15, -0.1) is 12.4 Å². The van der Waals surface area contributed by atoms with Crippen LogP contribution >= 0.6 is 12.4 Å². The van der Waals surface area contributed by atoms with E-state index < -0.39 is 0 Å². The first-order valence-corrected chi connectivity index (χ1v) is 5.62. The minimum absolute atomic E-state index is 0. The third kappa shape index (κ3) is 3.23. The second-order valence-corrected chi connectivity index (χ2v) is 4.18. The molecule has 2 rings (SSSR count). The van der Waals surface area contributed by atoms with Crippen molar-refractivity contribution in [2.75, 3.05) is 45.9 Å². The average Bonchev–Trinajstić information content (AvgIpc) is 2.29. The highest BCUT2D eigenvalue weighted by Crippen LogP contribution is 2.06. The third-order valence-electron chi connectivity index (χ3n) is 2.92. The fraction of sp³-hybridized carbons (Fsp3) is 0.900. The molecule has 0 aromatic heterocycles. The van der Waals surface area contributed by atoms with Crippen LogP contribution in [0.4, 0.5) is 4.79 Å². The van der Waals surface area contributed by atoms with Crippen LogP contribution in [-0.2, 0) is 4.74 Å².